The Hall–Kier alpha value is -2.34. The van der Waals surface area contributed by atoms with Crippen molar-refractivity contribution >= 4 is 23.2 Å². The van der Waals surface area contributed by atoms with Crippen LogP contribution in [0.15, 0.2) is 35.7 Å². The van der Waals surface area contributed by atoms with Crippen LogP contribution < -0.4 is 10.1 Å². The van der Waals surface area contributed by atoms with Crippen LogP contribution in [0, 0.1) is 0 Å². The number of amides is 2. The number of hydrogen-bond acceptors (Lipinski definition) is 4. The highest BCUT2D eigenvalue weighted by Gasteiger charge is 2.30. The minimum Gasteiger partial charge on any atom is -0.496 e. The van der Waals surface area contributed by atoms with E-state index in [0.717, 1.165) is 12.8 Å². The number of nitrogens with one attached hydrogen (secondary N) is 1. The highest BCUT2D eigenvalue weighted by molar-refractivity contribution is 7.10. The minimum absolute atomic E-state index is 0.00709. The van der Waals surface area contributed by atoms with E-state index < -0.39 is 0 Å². The van der Waals surface area contributed by atoms with E-state index in [2.05, 4.69) is 23.7 Å². The summed E-state index contributed by atoms with van der Waals surface area (Å²) >= 11 is 1.76. The van der Waals surface area contributed by atoms with Crippen LogP contribution in [-0.2, 0) is 11.2 Å². The van der Waals surface area contributed by atoms with Crippen molar-refractivity contribution in [3.63, 3.8) is 0 Å². The molecule has 1 atom stereocenters. The van der Waals surface area contributed by atoms with Gasteiger partial charge in [0.15, 0.2) is 0 Å². The Morgan fingerprint density at radius 1 is 1.32 bits per heavy atom. The molecule has 0 bridgehead atoms. The Morgan fingerprint density at radius 3 is 2.88 bits per heavy atom. The molecule has 0 unspecified atom stereocenters. The first-order valence-corrected chi connectivity index (χ1v) is 9.30. The van der Waals surface area contributed by atoms with Crippen LogP contribution in [0.3, 0.4) is 0 Å². The summed E-state index contributed by atoms with van der Waals surface area (Å²) in [7, 11) is 1.52. The van der Waals surface area contributed by atoms with E-state index in [-0.39, 0.29) is 24.4 Å². The molecule has 1 aromatic heterocycles. The minimum atomic E-state index is -0.299. The molecular formula is C19H22N2O3S. The molecule has 0 fully saturated rings. The number of carbonyl (C=O) groups is 2. The second-order valence-electron chi connectivity index (χ2n) is 5.94. The largest absolute Gasteiger partial charge is 0.496 e. The average Bonchev–Trinajstić information content (AvgIpc) is 3.13. The number of carbonyl (C=O) groups excluding carboxylic acids is 2. The fraction of sp³-hybridized carbons (Fsp3) is 0.368. The van der Waals surface area contributed by atoms with Crippen molar-refractivity contribution in [2.75, 3.05) is 20.2 Å². The van der Waals surface area contributed by atoms with E-state index in [1.165, 1.54) is 17.6 Å². The van der Waals surface area contributed by atoms with E-state index in [9.17, 15) is 9.59 Å². The highest BCUT2D eigenvalue weighted by atomic mass is 32.1. The smallest absolute Gasteiger partial charge is 0.255 e. The third-order valence-electron chi connectivity index (χ3n) is 4.55. The molecule has 0 spiro atoms. The van der Waals surface area contributed by atoms with Gasteiger partial charge in [-0.3, -0.25) is 9.59 Å². The lowest BCUT2D eigenvalue weighted by Gasteiger charge is -2.35. The number of fused-ring (bicyclic) bond motifs is 1. The summed E-state index contributed by atoms with van der Waals surface area (Å²) in [5.41, 5.74) is 1.69. The normalized spacial score (nSPS) is 16.2. The number of thiophene rings is 1. The molecule has 0 radical (unpaired) electrons. The molecule has 1 aliphatic rings. The molecule has 0 saturated carbocycles. The molecule has 2 amide bonds. The third-order valence-corrected chi connectivity index (χ3v) is 5.55. The number of para-hydroxylation sites is 1. The van der Waals surface area contributed by atoms with Gasteiger partial charge in [0, 0.05) is 11.4 Å². The molecule has 1 aliphatic heterocycles. The summed E-state index contributed by atoms with van der Waals surface area (Å²) < 4.78 is 5.20. The number of methoxy groups -OCH3 is 1. The van der Waals surface area contributed by atoms with Crippen LogP contribution in [0.5, 0.6) is 5.75 Å². The molecule has 2 heterocycles. The SMILES string of the molecule is CC[C@@H]1c2ccsc2CCN1C(=O)CNC(=O)c1ccccc1OC. The van der Waals surface area contributed by atoms with Gasteiger partial charge in [-0.05, 0) is 42.0 Å². The fourth-order valence-corrected chi connectivity index (χ4v) is 4.25. The van der Waals surface area contributed by atoms with Crippen molar-refractivity contribution in [2.45, 2.75) is 25.8 Å². The van der Waals surface area contributed by atoms with E-state index in [1.807, 2.05) is 4.90 Å². The van der Waals surface area contributed by atoms with Gasteiger partial charge < -0.3 is 15.0 Å². The number of ether oxygens (including phenoxy) is 1. The highest BCUT2D eigenvalue weighted by Crippen LogP contribution is 2.35. The molecular weight excluding hydrogens is 336 g/mol. The maximum atomic E-state index is 12.7. The zero-order valence-corrected chi connectivity index (χ0v) is 15.3. The molecule has 1 aromatic carbocycles. The quantitative estimate of drug-likeness (QED) is 0.894. The van der Waals surface area contributed by atoms with Crippen LogP contribution in [-0.4, -0.2) is 36.9 Å². The molecule has 132 valence electrons. The Labute approximate surface area is 151 Å². The van der Waals surface area contributed by atoms with Gasteiger partial charge >= 0.3 is 0 Å². The summed E-state index contributed by atoms with van der Waals surface area (Å²) in [6, 6.07) is 9.21. The van der Waals surface area contributed by atoms with Crippen molar-refractivity contribution in [2.24, 2.45) is 0 Å². The van der Waals surface area contributed by atoms with Gasteiger partial charge in [0.25, 0.3) is 5.91 Å². The van der Waals surface area contributed by atoms with Gasteiger partial charge in [-0.1, -0.05) is 19.1 Å². The predicted octanol–water partition coefficient (Wildman–Crippen LogP) is 3.02. The summed E-state index contributed by atoms with van der Waals surface area (Å²) in [5, 5.41) is 4.81. The second kappa shape index (κ2) is 7.70. The first-order valence-electron chi connectivity index (χ1n) is 8.42. The lowest BCUT2D eigenvalue weighted by Crippen LogP contribution is -2.44. The van der Waals surface area contributed by atoms with Crippen LogP contribution >= 0.6 is 11.3 Å². The first-order chi connectivity index (χ1) is 12.2. The summed E-state index contributed by atoms with van der Waals surface area (Å²) in [6.07, 6.45) is 1.76. The summed E-state index contributed by atoms with van der Waals surface area (Å²) in [4.78, 5) is 28.3. The van der Waals surface area contributed by atoms with Crippen molar-refractivity contribution in [3.8, 4) is 5.75 Å². The van der Waals surface area contributed by atoms with E-state index in [0.29, 0.717) is 17.9 Å². The molecule has 6 heteroatoms. The molecule has 1 N–H and O–H groups in total. The summed E-state index contributed by atoms with van der Waals surface area (Å²) in [6.45, 7) is 2.79. The van der Waals surface area contributed by atoms with E-state index >= 15 is 0 Å². The van der Waals surface area contributed by atoms with Gasteiger partial charge in [-0.15, -0.1) is 11.3 Å². The Bertz CT molecular complexity index is 772. The monoisotopic (exact) mass is 358 g/mol. The van der Waals surface area contributed by atoms with Crippen molar-refractivity contribution in [3.05, 3.63) is 51.7 Å². The van der Waals surface area contributed by atoms with Crippen LogP contribution in [0.2, 0.25) is 0 Å². The van der Waals surface area contributed by atoms with E-state index in [4.69, 9.17) is 4.74 Å². The second-order valence-corrected chi connectivity index (χ2v) is 6.94. The molecule has 5 nitrogen and oxygen atoms in total. The number of nitrogens with zero attached hydrogens (tertiary/aromatic N) is 1. The van der Waals surface area contributed by atoms with Crippen molar-refractivity contribution < 1.29 is 14.3 Å². The zero-order valence-electron chi connectivity index (χ0n) is 14.5. The molecule has 25 heavy (non-hydrogen) atoms. The number of hydrogen-bond donors (Lipinski definition) is 1. The van der Waals surface area contributed by atoms with Crippen LogP contribution in [0.4, 0.5) is 0 Å². The standard InChI is InChI=1S/C19H22N2O3S/c1-3-15-13-9-11-25-17(13)8-10-21(15)18(22)12-20-19(23)14-6-4-5-7-16(14)24-2/h4-7,9,11,15H,3,8,10,12H2,1-2H3,(H,20,23)/t15-/m1/s1. The third kappa shape index (κ3) is 3.54. The maximum absolute atomic E-state index is 12.7. The number of rotatable bonds is 5. The Morgan fingerprint density at radius 2 is 2.12 bits per heavy atom. The van der Waals surface area contributed by atoms with Gasteiger partial charge in [-0.25, -0.2) is 0 Å². The maximum Gasteiger partial charge on any atom is 0.255 e. The topological polar surface area (TPSA) is 58.6 Å². The van der Waals surface area contributed by atoms with Gasteiger partial charge in [0.1, 0.15) is 5.75 Å². The lowest BCUT2D eigenvalue weighted by molar-refractivity contribution is -0.133. The van der Waals surface area contributed by atoms with Gasteiger partial charge in [0.2, 0.25) is 5.91 Å². The van der Waals surface area contributed by atoms with Crippen molar-refractivity contribution in [1.29, 1.82) is 0 Å². The van der Waals surface area contributed by atoms with Crippen LogP contribution in [0.25, 0.3) is 0 Å². The molecule has 2 aromatic rings. The first kappa shape index (κ1) is 17.5. The van der Waals surface area contributed by atoms with Crippen molar-refractivity contribution in [1.82, 2.24) is 10.2 Å². The Balaban J connectivity index is 1.66. The summed E-state index contributed by atoms with van der Waals surface area (Å²) in [5.74, 6) is 0.152. The van der Waals surface area contributed by atoms with Gasteiger partial charge in [0.05, 0.1) is 25.3 Å². The van der Waals surface area contributed by atoms with Gasteiger partial charge in [-0.2, -0.15) is 0 Å². The molecule has 0 aliphatic carbocycles. The molecule has 0 saturated heterocycles. The fourth-order valence-electron chi connectivity index (χ4n) is 3.32. The average molecular weight is 358 g/mol. The van der Waals surface area contributed by atoms with E-state index in [1.54, 1.807) is 35.6 Å². The zero-order chi connectivity index (χ0) is 17.8. The predicted molar refractivity (Wildman–Crippen MR) is 98.1 cm³/mol. The number of benzene rings is 1. The van der Waals surface area contributed by atoms with Crippen LogP contribution in [0.1, 0.15) is 40.2 Å². The Kier molecular flexibility index (Phi) is 5.38. The lowest BCUT2D eigenvalue weighted by atomic mass is 9.98. The molecule has 3 rings (SSSR count).